The first-order chi connectivity index (χ1) is 9.31. The van der Waals surface area contributed by atoms with Gasteiger partial charge in [-0.05, 0) is 50.8 Å². The highest BCUT2D eigenvalue weighted by molar-refractivity contribution is 9.10. The van der Waals surface area contributed by atoms with Crippen molar-refractivity contribution in [1.29, 1.82) is 0 Å². The lowest BCUT2D eigenvalue weighted by Gasteiger charge is -2.28. The van der Waals surface area contributed by atoms with Crippen LogP contribution in [0.25, 0.3) is 0 Å². The summed E-state index contributed by atoms with van der Waals surface area (Å²) < 4.78 is 1.06. The number of amides is 1. The molecular formula is C16H22BrNO2. The predicted octanol–water partition coefficient (Wildman–Crippen LogP) is 3.17. The van der Waals surface area contributed by atoms with Crippen LogP contribution in [0.5, 0.6) is 0 Å². The molecule has 0 radical (unpaired) electrons. The Balaban J connectivity index is 1.99. The van der Waals surface area contributed by atoms with E-state index in [0.717, 1.165) is 10.9 Å². The number of hydrogen-bond donors (Lipinski definition) is 1. The van der Waals surface area contributed by atoms with Crippen LogP contribution in [0.2, 0.25) is 0 Å². The molecule has 20 heavy (non-hydrogen) atoms. The summed E-state index contributed by atoms with van der Waals surface area (Å²) in [6, 6.07) is 8.19. The zero-order valence-electron chi connectivity index (χ0n) is 12.3. The molecule has 1 amide bonds. The standard InChI is InChI=1S/C16H22BrNO2/c1-4-18(10-16(2,3)20)15(19)14-9-13(14)11-5-7-12(17)8-6-11/h5-8,13-14,20H,4,9-10H2,1-3H3. The topological polar surface area (TPSA) is 40.5 Å². The minimum atomic E-state index is -0.840. The molecule has 2 rings (SSSR count). The van der Waals surface area contributed by atoms with Crippen molar-refractivity contribution in [2.45, 2.75) is 38.7 Å². The first-order valence-corrected chi connectivity index (χ1v) is 7.87. The van der Waals surface area contributed by atoms with Crippen LogP contribution < -0.4 is 0 Å². The minimum Gasteiger partial charge on any atom is -0.389 e. The Morgan fingerprint density at radius 1 is 1.40 bits per heavy atom. The van der Waals surface area contributed by atoms with E-state index in [2.05, 4.69) is 28.1 Å². The van der Waals surface area contributed by atoms with Crippen LogP contribution in [0.3, 0.4) is 0 Å². The number of aliphatic hydroxyl groups is 1. The van der Waals surface area contributed by atoms with Crippen LogP contribution >= 0.6 is 15.9 Å². The Morgan fingerprint density at radius 2 is 2.00 bits per heavy atom. The number of likely N-dealkylation sites (N-methyl/N-ethyl adjacent to an activating group) is 1. The molecule has 110 valence electrons. The van der Waals surface area contributed by atoms with Crippen molar-refractivity contribution in [1.82, 2.24) is 4.90 Å². The monoisotopic (exact) mass is 339 g/mol. The van der Waals surface area contributed by atoms with E-state index < -0.39 is 5.60 Å². The highest BCUT2D eigenvalue weighted by Gasteiger charge is 2.45. The summed E-state index contributed by atoms with van der Waals surface area (Å²) in [5.74, 6) is 0.590. The van der Waals surface area contributed by atoms with E-state index in [1.54, 1.807) is 18.7 Å². The number of hydrogen-bond acceptors (Lipinski definition) is 2. The quantitative estimate of drug-likeness (QED) is 0.894. The van der Waals surface area contributed by atoms with Gasteiger partial charge in [0.25, 0.3) is 0 Å². The van der Waals surface area contributed by atoms with Crippen LogP contribution in [0.1, 0.15) is 38.7 Å². The molecule has 1 N–H and O–H groups in total. The summed E-state index contributed by atoms with van der Waals surface area (Å²) in [6.45, 7) is 6.48. The molecule has 2 unspecified atom stereocenters. The lowest BCUT2D eigenvalue weighted by molar-refractivity contribution is -0.135. The maximum Gasteiger partial charge on any atom is 0.226 e. The van der Waals surface area contributed by atoms with E-state index >= 15 is 0 Å². The third-order valence-corrected chi connectivity index (χ3v) is 4.21. The first-order valence-electron chi connectivity index (χ1n) is 7.08. The summed E-state index contributed by atoms with van der Waals surface area (Å²) >= 11 is 3.42. The Morgan fingerprint density at radius 3 is 2.50 bits per heavy atom. The summed E-state index contributed by atoms with van der Waals surface area (Å²) in [4.78, 5) is 14.2. The molecule has 4 heteroatoms. The number of rotatable bonds is 5. The van der Waals surface area contributed by atoms with E-state index in [1.807, 2.05) is 19.1 Å². The van der Waals surface area contributed by atoms with E-state index in [9.17, 15) is 9.90 Å². The molecule has 1 saturated carbocycles. The second-order valence-corrected chi connectivity index (χ2v) is 7.08. The maximum absolute atomic E-state index is 12.5. The van der Waals surface area contributed by atoms with Gasteiger partial charge in [0.1, 0.15) is 0 Å². The Hall–Kier alpha value is -0.870. The zero-order chi connectivity index (χ0) is 14.9. The van der Waals surface area contributed by atoms with Crippen LogP contribution in [0.15, 0.2) is 28.7 Å². The molecule has 1 aliphatic carbocycles. The Kier molecular flexibility index (Phi) is 4.55. The van der Waals surface area contributed by atoms with Gasteiger partial charge in [-0.2, -0.15) is 0 Å². The molecule has 2 atom stereocenters. The maximum atomic E-state index is 12.5. The highest BCUT2D eigenvalue weighted by Crippen LogP contribution is 2.48. The number of carbonyl (C=O) groups is 1. The Bertz CT molecular complexity index is 478. The average Bonchev–Trinajstić information content (AvgIpc) is 3.15. The Labute approximate surface area is 129 Å². The minimum absolute atomic E-state index is 0.0819. The largest absolute Gasteiger partial charge is 0.389 e. The van der Waals surface area contributed by atoms with Crippen molar-refractivity contribution in [2.75, 3.05) is 13.1 Å². The van der Waals surface area contributed by atoms with Gasteiger partial charge in [0, 0.05) is 23.5 Å². The van der Waals surface area contributed by atoms with Gasteiger partial charge in [-0.15, -0.1) is 0 Å². The fourth-order valence-corrected chi connectivity index (χ4v) is 2.86. The first kappa shape index (κ1) is 15.5. The van der Waals surface area contributed by atoms with Gasteiger partial charge in [0.15, 0.2) is 0 Å². The second kappa shape index (κ2) is 5.86. The lowest BCUT2D eigenvalue weighted by Crippen LogP contribution is -2.42. The molecule has 0 bridgehead atoms. The van der Waals surface area contributed by atoms with Crippen molar-refractivity contribution >= 4 is 21.8 Å². The van der Waals surface area contributed by atoms with E-state index in [4.69, 9.17) is 0 Å². The predicted molar refractivity (Wildman–Crippen MR) is 83.5 cm³/mol. The zero-order valence-corrected chi connectivity index (χ0v) is 13.9. The molecule has 0 saturated heterocycles. The summed E-state index contributed by atoms with van der Waals surface area (Å²) in [7, 11) is 0. The molecule has 0 aromatic heterocycles. The smallest absolute Gasteiger partial charge is 0.226 e. The molecule has 1 aliphatic rings. The van der Waals surface area contributed by atoms with Gasteiger partial charge in [0.05, 0.1) is 5.60 Å². The van der Waals surface area contributed by atoms with E-state index in [0.29, 0.717) is 19.0 Å². The molecular weight excluding hydrogens is 318 g/mol. The second-order valence-electron chi connectivity index (χ2n) is 6.17. The van der Waals surface area contributed by atoms with Gasteiger partial charge >= 0.3 is 0 Å². The summed E-state index contributed by atoms with van der Waals surface area (Å²) in [5.41, 5.74) is 0.388. The van der Waals surface area contributed by atoms with Gasteiger partial charge in [0.2, 0.25) is 5.91 Å². The van der Waals surface area contributed by atoms with Gasteiger partial charge in [-0.3, -0.25) is 4.79 Å². The molecule has 1 aromatic carbocycles. The van der Waals surface area contributed by atoms with Crippen molar-refractivity contribution in [3.63, 3.8) is 0 Å². The molecule has 0 heterocycles. The van der Waals surface area contributed by atoms with Gasteiger partial charge in [-0.25, -0.2) is 0 Å². The molecule has 0 spiro atoms. The van der Waals surface area contributed by atoms with Crippen molar-refractivity contribution in [3.8, 4) is 0 Å². The fraction of sp³-hybridized carbons (Fsp3) is 0.562. The van der Waals surface area contributed by atoms with Crippen LogP contribution in [0.4, 0.5) is 0 Å². The lowest BCUT2D eigenvalue weighted by atomic mass is 10.1. The van der Waals surface area contributed by atoms with Crippen LogP contribution in [-0.2, 0) is 4.79 Å². The van der Waals surface area contributed by atoms with Crippen molar-refractivity contribution in [2.24, 2.45) is 5.92 Å². The normalized spacial score (nSPS) is 21.6. The van der Waals surface area contributed by atoms with E-state index in [1.165, 1.54) is 5.56 Å². The number of carbonyl (C=O) groups excluding carboxylic acids is 1. The molecule has 0 aliphatic heterocycles. The third-order valence-electron chi connectivity index (χ3n) is 3.68. The average molecular weight is 340 g/mol. The summed E-state index contributed by atoms with van der Waals surface area (Å²) in [6.07, 6.45) is 0.919. The summed E-state index contributed by atoms with van der Waals surface area (Å²) in [5, 5.41) is 9.88. The van der Waals surface area contributed by atoms with Crippen molar-refractivity contribution < 1.29 is 9.90 Å². The van der Waals surface area contributed by atoms with E-state index in [-0.39, 0.29) is 11.8 Å². The number of benzene rings is 1. The molecule has 1 aromatic rings. The number of nitrogens with zero attached hydrogens (tertiary/aromatic N) is 1. The highest BCUT2D eigenvalue weighted by atomic mass is 79.9. The fourth-order valence-electron chi connectivity index (χ4n) is 2.59. The van der Waals surface area contributed by atoms with Crippen molar-refractivity contribution in [3.05, 3.63) is 34.3 Å². The van der Waals surface area contributed by atoms with Crippen LogP contribution in [0, 0.1) is 5.92 Å². The van der Waals surface area contributed by atoms with Gasteiger partial charge in [-0.1, -0.05) is 28.1 Å². The van der Waals surface area contributed by atoms with Gasteiger partial charge < -0.3 is 10.0 Å². The molecule has 3 nitrogen and oxygen atoms in total. The van der Waals surface area contributed by atoms with Crippen LogP contribution in [-0.4, -0.2) is 34.6 Å². The molecule has 1 fully saturated rings. The SMILES string of the molecule is CCN(CC(C)(C)O)C(=O)C1CC1c1ccc(Br)cc1. The number of halogens is 1. The third kappa shape index (κ3) is 3.83.